The molecule has 0 bridgehead atoms. The Morgan fingerprint density at radius 2 is 2.23 bits per heavy atom. The van der Waals surface area contributed by atoms with E-state index in [0.717, 1.165) is 0 Å². The van der Waals surface area contributed by atoms with Crippen LogP contribution in [0.5, 0.6) is 0 Å². The van der Waals surface area contributed by atoms with Gasteiger partial charge in [0.1, 0.15) is 11.9 Å². The van der Waals surface area contributed by atoms with Crippen molar-refractivity contribution in [3.63, 3.8) is 0 Å². The summed E-state index contributed by atoms with van der Waals surface area (Å²) in [5, 5.41) is 16.9. The highest BCUT2D eigenvalue weighted by Gasteiger charge is 1.98. The minimum absolute atomic E-state index is 0.205. The van der Waals surface area contributed by atoms with Crippen molar-refractivity contribution >= 4 is 11.9 Å². The van der Waals surface area contributed by atoms with Gasteiger partial charge < -0.3 is 5.73 Å². The molecule has 4 nitrogen and oxygen atoms in total. The summed E-state index contributed by atoms with van der Waals surface area (Å²) in [6.45, 7) is 0. The number of nitrogens with zero attached hydrogens (tertiary/aromatic N) is 3. The van der Waals surface area contributed by atoms with Crippen molar-refractivity contribution in [2.24, 2.45) is 0 Å². The molecule has 13 heavy (non-hydrogen) atoms. The molecule has 1 aromatic rings. The number of nitrogens with two attached hydrogens (primary N) is 1. The summed E-state index contributed by atoms with van der Waals surface area (Å²) in [5.41, 5.74) is 6.41. The van der Waals surface area contributed by atoms with Gasteiger partial charge in [0.25, 0.3) is 0 Å². The molecule has 0 aliphatic carbocycles. The van der Waals surface area contributed by atoms with E-state index in [9.17, 15) is 0 Å². The first-order valence-corrected chi connectivity index (χ1v) is 3.49. The second-order valence-corrected chi connectivity index (χ2v) is 2.28. The van der Waals surface area contributed by atoms with E-state index in [0.29, 0.717) is 11.1 Å². The molecule has 0 fully saturated rings. The molecule has 1 aromatic heterocycles. The fraction of sp³-hybridized carbons (Fsp3) is 0. The maximum Gasteiger partial charge on any atom is 0.141 e. The maximum absolute atomic E-state index is 8.61. The van der Waals surface area contributed by atoms with E-state index in [2.05, 4.69) is 4.98 Å². The zero-order chi connectivity index (χ0) is 9.68. The number of allylic oxidation sites excluding steroid dienone is 1. The molecule has 0 saturated heterocycles. The van der Waals surface area contributed by atoms with Gasteiger partial charge in [0, 0.05) is 12.3 Å². The van der Waals surface area contributed by atoms with Gasteiger partial charge >= 0.3 is 0 Å². The van der Waals surface area contributed by atoms with Crippen LogP contribution in [0.15, 0.2) is 18.3 Å². The van der Waals surface area contributed by atoms with Crippen LogP contribution in [0.4, 0.5) is 5.82 Å². The summed E-state index contributed by atoms with van der Waals surface area (Å²) in [6, 6.07) is 5.33. The fourth-order valence-corrected chi connectivity index (χ4v) is 0.806. The van der Waals surface area contributed by atoms with Crippen LogP contribution in [0.1, 0.15) is 11.1 Å². The number of hydrogen-bond donors (Lipinski definition) is 1. The number of aromatic nitrogens is 1. The third-order valence-corrected chi connectivity index (χ3v) is 1.41. The highest BCUT2D eigenvalue weighted by molar-refractivity contribution is 5.58. The van der Waals surface area contributed by atoms with Crippen molar-refractivity contribution in [2.75, 3.05) is 5.73 Å². The van der Waals surface area contributed by atoms with Gasteiger partial charge in [-0.3, -0.25) is 0 Å². The standard InChI is InChI=1S/C9H6N4/c10-3-1-2-7-4-8(5-11)9(12)13-6-7/h1-2,4,6H,(H2,12,13). The molecule has 0 saturated carbocycles. The number of nitriles is 2. The van der Waals surface area contributed by atoms with E-state index < -0.39 is 0 Å². The van der Waals surface area contributed by atoms with Crippen molar-refractivity contribution in [2.45, 2.75) is 0 Å². The Morgan fingerprint density at radius 3 is 2.85 bits per heavy atom. The van der Waals surface area contributed by atoms with E-state index in [1.54, 1.807) is 12.1 Å². The van der Waals surface area contributed by atoms with Gasteiger partial charge in [0.2, 0.25) is 0 Å². The van der Waals surface area contributed by atoms with Crippen LogP contribution in [0.3, 0.4) is 0 Å². The van der Waals surface area contributed by atoms with Crippen LogP contribution in [0, 0.1) is 22.7 Å². The van der Waals surface area contributed by atoms with Crippen LogP contribution < -0.4 is 5.73 Å². The van der Waals surface area contributed by atoms with Crippen LogP contribution in [0.25, 0.3) is 6.08 Å². The van der Waals surface area contributed by atoms with Crippen molar-refractivity contribution < 1.29 is 0 Å². The lowest BCUT2D eigenvalue weighted by Gasteiger charge is -1.96. The van der Waals surface area contributed by atoms with Gasteiger partial charge in [-0.2, -0.15) is 10.5 Å². The third-order valence-electron chi connectivity index (χ3n) is 1.41. The van der Waals surface area contributed by atoms with Gasteiger partial charge in [-0.15, -0.1) is 0 Å². The largest absolute Gasteiger partial charge is 0.383 e. The number of anilines is 1. The molecule has 0 atom stereocenters. The first-order chi connectivity index (χ1) is 6.27. The normalized spacial score (nSPS) is 9.38. The summed E-state index contributed by atoms with van der Waals surface area (Å²) in [4.78, 5) is 3.80. The first kappa shape index (κ1) is 8.76. The highest BCUT2D eigenvalue weighted by Crippen LogP contribution is 2.10. The van der Waals surface area contributed by atoms with E-state index in [1.807, 2.05) is 12.1 Å². The van der Waals surface area contributed by atoms with Crippen LogP contribution in [0.2, 0.25) is 0 Å². The van der Waals surface area contributed by atoms with Crippen LogP contribution in [-0.4, -0.2) is 4.98 Å². The summed E-state index contributed by atoms with van der Waals surface area (Å²) in [7, 11) is 0. The minimum atomic E-state index is 0.205. The predicted molar refractivity (Wildman–Crippen MR) is 48.0 cm³/mol. The molecule has 62 valence electrons. The summed E-state index contributed by atoms with van der Waals surface area (Å²) >= 11 is 0. The van der Waals surface area contributed by atoms with E-state index in [-0.39, 0.29) is 5.82 Å². The van der Waals surface area contributed by atoms with Gasteiger partial charge in [-0.05, 0) is 17.7 Å². The number of rotatable bonds is 1. The van der Waals surface area contributed by atoms with E-state index in [4.69, 9.17) is 16.3 Å². The Morgan fingerprint density at radius 1 is 1.46 bits per heavy atom. The monoisotopic (exact) mass is 170 g/mol. The average molecular weight is 170 g/mol. The first-order valence-electron chi connectivity index (χ1n) is 3.49. The molecule has 0 radical (unpaired) electrons. The minimum Gasteiger partial charge on any atom is -0.383 e. The third kappa shape index (κ3) is 2.05. The van der Waals surface area contributed by atoms with E-state index >= 15 is 0 Å². The molecule has 4 heteroatoms. The summed E-state index contributed by atoms with van der Waals surface area (Å²) < 4.78 is 0. The Kier molecular flexibility index (Phi) is 2.62. The molecule has 0 spiro atoms. The molecule has 1 rings (SSSR count). The van der Waals surface area contributed by atoms with Crippen molar-refractivity contribution in [1.82, 2.24) is 4.98 Å². The van der Waals surface area contributed by atoms with E-state index in [1.165, 1.54) is 12.3 Å². The lowest BCUT2D eigenvalue weighted by molar-refractivity contribution is 1.30. The van der Waals surface area contributed by atoms with Gasteiger partial charge in [-0.1, -0.05) is 0 Å². The average Bonchev–Trinajstić information content (AvgIpc) is 2.16. The molecule has 2 N–H and O–H groups in total. The predicted octanol–water partition coefficient (Wildman–Crippen LogP) is 1.07. The maximum atomic E-state index is 8.61. The Labute approximate surface area is 75.5 Å². The molecule has 0 amide bonds. The van der Waals surface area contributed by atoms with Crippen molar-refractivity contribution in [1.29, 1.82) is 10.5 Å². The van der Waals surface area contributed by atoms with Crippen LogP contribution in [-0.2, 0) is 0 Å². The summed E-state index contributed by atoms with van der Waals surface area (Å²) in [6.07, 6.45) is 4.38. The SMILES string of the molecule is N#CC=Cc1cnc(N)c(C#N)c1. The Hall–Kier alpha value is -2.33. The lowest BCUT2D eigenvalue weighted by Crippen LogP contribution is -1.94. The lowest BCUT2D eigenvalue weighted by atomic mass is 10.2. The molecular formula is C9H6N4. The fourth-order valence-electron chi connectivity index (χ4n) is 0.806. The molecule has 0 aliphatic heterocycles. The second-order valence-electron chi connectivity index (χ2n) is 2.28. The van der Waals surface area contributed by atoms with Crippen LogP contribution >= 0.6 is 0 Å². The Bertz CT molecular complexity index is 420. The molecule has 0 aromatic carbocycles. The van der Waals surface area contributed by atoms with Gasteiger partial charge in [0.15, 0.2) is 0 Å². The number of pyridine rings is 1. The summed E-state index contributed by atoms with van der Waals surface area (Å²) in [5.74, 6) is 0.205. The number of nitrogen functional groups attached to an aromatic ring is 1. The van der Waals surface area contributed by atoms with Crippen molar-refractivity contribution in [3.05, 3.63) is 29.5 Å². The van der Waals surface area contributed by atoms with Crippen molar-refractivity contribution in [3.8, 4) is 12.1 Å². The Balaban J connectivity index is 3.10. The zero-order valence-electron chi connectivity index (χ0n) is 6.73. The van der Waals surface area contributed by atoms with Gasteiger partial charge in [0.05, 0.1) is 11.6 Å². The second kappa shape index (κ2) is 3.89. The molecule has 1 heterocycles. The highest BCUT2D eigenvalue weighted by atomic mass is 14.8. The number of hydrogen-bond acceptors (Lipinski definition) is 4. The molecule has 0 unspecified atom stereocenters. The topological polar surface area (TPSA) is 86.5 Å². The molecule has 0 aliphatic rings. The quantitative estimate of drug-likeness (QED) is 0.638. The molecular weight excluding hydrogens is 164 g/mol. The zero-order valence-corrected chi connectivity index (χ0v) is 6.73. The van der Waals surface area contributed by atoms with Gasteiger partial charge in [-0.25, -0.2) is 4.98 Å². The smallest absolute Gasteiger partial charge is 0.141 e.